The van der Waals surface area contributed by atoms with Crippen molar-refractivity contribution in [3.8, 4) is 5.75 Å². The van der Waals surface area contributed by atoms with E-state index < -0.39 is 11.6 Å². The highest BCUT2D eigenvalue weighted by Crippen LogP contribution is 2.24. The molecule has 2 rings (SSSR count). The Morgan fingerprint density at radius 1 is 1.41 bits per heavy atom. The molecular formula is C17H20F2O2Si. The van der Waals surface area contributed by atoms with Crippen LogP contribution in [0.5, 0.6) is 5.75 Å². The van der Waals surface area contributed by atoms with Gasteiger partial charge in [0.15, 0.2) is 11.6 Å². The zero-order valence-corrected chi connectivity index (χ0v) is 13.7. The van der Waals surface area contributed by atoms with Crippen LogP contribution < -0.4 is 4.74 Å². The molecule has 0 N–H and O–H groups in total. The highest BCUT2D eigenvalue weighted by atomic mass is 28.2. The van der Waals surface area contributed by atoms with Crippen LogP contribution in [0.1, 0.15) is 31.7 Å². The van der Waals surface area contributed by atoms with Gasteiger partial charge in [0.25, 0.3) is 0 Å². The first-order chi connectivity index (χ1) is 10.7. The summed E-state index contributed by atoms with van der Waals surface area (Å²) in [4.78, 5) is 0. The molecule has 0 amide bonds. The van der Waals surface area contributed by atoms with Gasteiger partial charge < -0.3 is 9.47 Å². The van der Waals surface area contributed by atoms with Crippen molar-refractivity contribution in [2.75, 3.05) is 6.61 Å². The highest BCUT2D eigenvalue weighted by molar-refractivity contribution is 6.43. The summed E-state index contributed by atoms with van der Waals surface area (Å²) in [6.45, 7) is 6.23. The molecule has 0 saturated carbocycles. The Kier molecular flexibility index (Phi) is 6.18. The molecule has 1 heterocycles. The van der Waals surface area contributed by atoms with Gasteiger partial charge in [0.2, 0.25) is 5.82 Å². The molecule has 22 heavy (non-hydrogen) atoms. The summed E-state index contributed by atoms with van der Waals surface area (Å²) in [5.74, 6) is -1.38. The summed E-state index contributed by atoms with van der Waals surface area (Å²) < 4.78 is 38.3. The van der Waals surface area contributed by atoms with E-state index in [1.54, 1.807) is 6.07 Å². The van der Waals surface area contributed by atoms with Crippen molar-refractivity contribution >= 4 is 9.52 Å². The Hall–Kier alpha value is -1.62. The second kappa shape index (κ2) is 8.13. The van der Waals surface area contributed by atoms with E-state index in [2.05, 4.69) is 19.6 Å². The Bertz CT molecular complexity index is 558. The van der Waals surface area contributed by atoms with Crippen molar-refractivity contribution in [3.05, 3.63) is 53.6 Å². The molecule has 2 radical (unpaired) electrons. The summed E-state index contributed by atoms with van der Waals surface area (Å²) in [7, 11) is 0.312. The number of rotatable bonds is 7. The van der Waals surface area contributed by atoms with Crippen molar-refractivity contribution in [1.29, 1.82) is 0 Å². The van der Waals surface area contributed by atoms with Crippen LogP contribution in [0.3, 0.4) is 0 Å². The second-order valence-corrected chi connectivity index (χ2v) is 6.46. The zero-order chi connectivity index (χ0) is 15.9. The quantitative estimate of drug-likeness (QED) is 0.548. The molecule has 1 aliphatic rings. The fraction of sp³-hybridized carbons (Fsp3) is 0.412. The highest BCUT2D eigenvalue weighted by Gasteiger charge is 2.18. The maximum Gasteiger partial charge on any atom is 0.201 e. The molecular weight excluding hydrogens is 302 g/mol. The maximum atomic E-state index is 14.0. The molecule has 0 aromatic heterocycles. The topological polar surface area (TPSA) is 18.5 Å². The van der Waals surface area contributed by atoms with Gasteiger partial charge in [-0.25, -0.2) is 4.39 Å². The van der Waals surface area contributed by atoms with E-state index in [1.165, 1.54) is 6.07 Å². The van der Waals surface area contributed by atoms with Gasteiger partial charge in [-0.15, -0.1) is 0 Å². The van der Waals surface area contributed by atoms with Gasteiger partial charge in [0.05, 0.1) is 18.3 Å². The van der Waals surface area contributed by atoms with Crippen LogP contribution in [0.2, 0.25) is 0 Å². The predicted octanol–water partition coefficient (Wildman–Crippen LogP) is 4.37. The first kappa shape index (κ1) is 16.7. The minimum absolute atomic E-state index is 0.143. The minimum Gasteiger partial charge on any atom is -0.504 e. The number of hydrogen-bond acceptors (Lipinski definition) is 2. The molecule has 1 atom stereocenters. The number of hydrogen-bond donors (Lipinski definition) is 0. The molecule has 5 heteroatoms. The molecule has 1 unspecified atom stereocenters. The number of halogens is 2. The van der Waals surface area contributed by atoms with Crippen LogP contribution in [0.15, 0.2) is 36.4 Å². The molecule has 1 aromatic carbocycles. The van der Waals surface area contributed by atoms with Gasteiger partial charge in [0.1, 0.15) is 9.52 Å². The lowest BCUT2D eigenvalue weighted by molar-refractivity contribution is 0.158. The van der Waals surface area contributed by atoms with E-state index in [9.17, 15) is 8.78 Å². The fourth-order valence-electron chi connectivity index (χ4n) is 2.41. The lowest BCUT2D eigenvalue weighted by Gasteiger charge is -2.22. The summed E-state index contributed by atoms with van der Waals surface area (Å²) in [5, 5.41) is 0.901. The molecule has 0 bridgehead atoms. The summed E-state index contributed by atoms with van der Waals surface area (Å²) in [6, 6.07) is 3.40. The number of benzene rings is 1. The van der Waals surface area contributed by atoms with Crippen LogP contribution in [0.4, 0.5) is 8.78 Å². The molecule has 2 nitrogen and oxygen atoms in total. The van der Waals surface area contributed by atoms with Crippen molar-refractivity contribution in [2.45, 2.75) is 32.2 Å². The Labute approximate surface area is 132 Å². The summed E-state index contributed by atoms with van der Waals surface area (Å²) in [6.07, 6.45) is 6.50. The third-order valence-corrected chi connectivity index (χ3v) is 4.85. The van der Waals surface area contributed by atoms with Gasteiger partial charge in [-0.2, -0.15) is 4.39 Å². The Balaban J connectivity index is 1.95. The lowest BCUT2D eigenvalue weighted by atomic mass is 10.00. The lowest BCUT2D eigenvalue weighted by Crippen LogP contribution is -2.18. The first-order valence-electron chi connectivity index (χ1n) is 7.47. The van der Waals surface area contributed by atoms with Gasteiger partial charge in [-0.05, 0) is 36.4 Å². The average molecular weight is 322 g/mol. The Morgan fingerprint density at radius 3 is 2.86 bits per heavy atom. The third kappa shape index (κ3) is 4.19. The molecule has 1 aliphatic heterocycles. The van der Waals surface area contributed by atoms with Gasteiger partial charge in [-0.3, -0.25) is 0 Å². The van der Waals surface area contributed by atoms with E-state index in [4.69, 9.17) is 9.47 Å². The molecule has 118 valence electrons. The van der Waals surface area contributed by atoms with E-state index >= 15 is 0 Å². The van der Waals surface area contributed by atoms with E-state index in [-0.39, 0.29) is 5.75 Å². The van der Waals surface area contributed by atoms with E-state index in [0.29, 0.717) is 27.0 Å². The molecule has 0 saturated heterocycles. The second-order valence-electron chi connectivity index (χ2n) is 5.26. The van der Waals surface area contributed by atoms with Crippen LogP contribution in [-0.4, -0.2) is 16.1 Å². The van der Waals surface area contributed by atoms with Crippen LogP contribution in [0.25, 0.3) is 0 Å². The molecule has 0 spiro atoms. The minimum atomic E-state index is -0.969. The molecule has 0 aliphatic carbocycles. The smallest absolute Gasteiger partial charge is 0.201 e. The monoisotopic (exact) mass is 322 g/mol. The molecule has 1 aromatic rings. The van der Waals surface area contributed by atoms with Gasteiger partial charge in [0, 0.05) is 0 Å². The maximum absolute atomic E-state index is 14.0. The largest absolute Gasteiger partial charge is 0.504 e. The Morgan fingerprint density at radius 2 is 2.23 bits per heavy atom. The van der Waals surface area contributed by atoms with Crippen molar-refractivity contribution < 1.29 is 18.3 Å². The normalized spacial score (nSPS) is 17.6. The van der Waals surface area contributed by atoms with Crippen molar-refractivity contribution in [3.63, 3.8) is 0 Å². The van der Waals surface area contributed by atoms with Gasteiger partial charge >= 0.3 is 0 Å². The van der Waals surface area contributed by atoms with Gasteiger partial charge in [-0.1, -0.05) is 32.1 Å². The molecule has 0 fully saturated rings. The summed E-state index contributed by atoms with van der Waals surface area (Å²) >= 11 is 0. The fourth-order valence-corrected chi connectivity index (χ4v) is 3.50. The standard InChI is InChI=1S/C17H20F2O2Si/c1-3-5-12-6-9-15(21-10-12)22-11-13-7-8-14(20-4-2)17(19)16(13)18/h4,7-9,12H,2-3,5-6,10-11H2,1H3. The number of ether oxygens (including phenoxy) is 2. The van der Waals surface area contributed by atoms with Crippen molar-refractivity contribution in [1.82, 2.24) is 0 Å². The third-order valence-electron chi connectivity index (χ3n) is 3.60. The van der Waals surface area contributed by atoms with E-state index in [1.807, 2.05) is 0 Å². The number of allylic oxidation sites excluding steroid dienone is 1. The first-order valence-corrected chi connectivity index (χ1v) is 8.67. The van der Waals surface area contributed by atoms with Crippen LogP contribution >= 0.6 is 0 Å². The SMILES string of the molecule is C=COc1ccc(C[Si]C2=CCC(CCC)CO2)c(F)c1F. The zero-order valence-electron chi connectivity index (χ0n) is 12.7. The van der Waals surface area contributed by atoms with Crippen LogP contribution in [0, 0.1) is 17.6 Å². The average Bonchev–Trinajstić information content (AvgIpc) is 2.53. The predicted molar refractivity (Wildman–Crippen MR) is 83.7 cm³/mol. The summed E-state index contributed by atoms with van der Waals surface area (Å²) in [5.41, 5.74) is 0.340. The van der Waals surface area contributed by atoms with Crippen molar-refractivity contribution in [2.24, 2.45) is 5.92 Å². The van der Waals surface area contributed by atoms with Crippen LogP contribution in [-0.2, 0) is 10.8 Å². The van der Waals surface area contributed by atoms with E-state index in [0.717, 1.165) is 37.5 Å².